The Morgan fingerprint density at radius 3 is 1.31 bits per heavy atom. The van der Waals surface area contributed by atoms with Crippen LogP contribution in [0.5, 0.6) is 0 Å². The van der Waals surface area contributed by atoms with E-state index in [-0.39, 0.29) is 0 Å². The first-order valence-corrected chi connectivity index (χ1v) is 9.47. The zero-order chi connectivity index (χ0) is 20.4. The van der Waals surface area contributed by atoms with E-state index in [1.54, 1.807) is 27.7 Å². The Hall–Kier alpha value is -1.61. The van der Waals surface area contributed by atoms with Crippen LogP contribution in [0.1, 0.15) is 91.9 Å². The molecule has 6 nitrogen and oxygen atoms in total. The number of aliphatic hydroxyl groups is 1. The van der Waals surface area contributed by atoms with Crippen molar-refractivity contribution in [2.45, 2.75) is 97.5 Å². The molecule has 0 rings (SSSR count). The van der Waals surface area contributed by atoms with Crippen molar-refractivity contribution in [1.29, 1.82) is 5.26 Å². The summed E-state index contributed by atoms with van der Waals surface area (Å²) in [6.07, 6.45) is 6.38. The van der Waals surface area contributed by atoms with Gasteiger partial charge in [0.2, 0.25) is 0 Å². The van der Waals surface area contributed by atoms with Gasteiger partial charge < -0.3 is 15.3 Å². The highest BCUT2D eigenvalue weighted by Gasteiger charge is 2.28. The summed E-state index contributed by atoms with van der Waals surface area (Å²) in [6.45, 7) is 6.80. The first-order chi connectivity index (χ1) is 11.9. The molecule has 0 atom stereocenters. The maximum Gasteiger partial charge on any atom is 0.309 e. The summed E-state index contributed by atoms with van der Waals surface area (Å²) in [5.41, 5.74) is -2.82. The van der Waals surface area contributed by atoms with E-state index >= 15 is 0 Å². The molecule has 0 heterocycles. The molecule has 0 fully saturated rings. The number of aliphatic carboxylic acids is 2. The van der Waals surface area contributed by atoms with E-state index < -0.39 is 28.4 Å². The lowest BCUT2D eigenvalue weighted by Gasteiger charge is -2.22. The van der Waals surface area contributed by atoms with Crippen molar-refractivity contribution < 1.29 is 24.9 Å². The molecule has 0 radical (unpaired) electrons. The highest BCUT2D eigenvalue weighted by molar-refractivity contribution is 5.73. The summed E-state index contributed by atoms with van der Waals surface area (Å²) in [6, 6.07) is 2.00. The standard InChI is InChI=1S/C20H35NO5/c1-18(2,16(22)23)11-7-5-9-13-20(26,15-21)14-10-6-8-12-19(3,4)17(24)25/h26H,5-14H2,1-4H3,(H,22,23)(H,24,25). The van der Waals surface area contributed by atoms with Crippen LogP contribution in [0.2, 0.25) is 0 Å². The number of hydrogen-bond acceptors (Lipinski definition) is 4. The molecule has 0 saturated carbocycles. The molecule has 6 heteroatoms. The molecule has 0 unspecified atom stereocenters. The van der Waals surface area contributed by atoms with Crippen LogP contribution in [-0.4, -0.2) is 32.9 Å². The number of nitrogens with zero attached hydrogens (tertiary/aromatic N) is 1. The smallest absolute Gasteiger partial charge is 0.309 e. The topological polar surface area (TPSA) is 119 Å². The average Bonchev–Trinajstić information content (AvgIpc) is 2.53. The number of carboxylic acids is 2. The van der Waals surface area contributed by atoms with Crippen LogP contribution in [0.15, 0.2) is 0 Å². The molecule has 0 aliphatic carbocycles. The third-order valence-corrected chi connectivity index (χ3v) is 5.15. The second-order valence-corrected chi connectivity index (χ2v) is 8.64. The molecule has 26 heavy (non-hydrogen) atoms. The molecular weight excluding hydrogens is 334 g/mol. The van der Waals surface area contributed by atoms with Gasteiger partial charge in [-0.3, -0.25) is 9.59 Å². The van der Waals surface area contributed by atoms with E-state index in [0.29, 0.717) is 38.5 Å². The van der Waals surface area contributed by atoms with Gasteiger partial charge in [-0.1, -0.05) is 25.7 Å². The summed E-state index contributed by atoms with van der Waals surface area (Å²) >= 11 is 0. The Balaban J connectivity index is 4.05. The Labute approximate surface area is 157 Å². The van der Waals surface area contributed by atoms with E-state index in [1.807, 2.05) is 6.07 Å². The molecule has 0 bridgehead atoms. The molecule has 0 aliphatic heterocycles. The van der Waals surface area contributed by atoms with Gasteiger partial charge in [-0.2, -0.15) is 5.26 Å². The van der Waals surface area contributed by atoms with Gasteiger partial charge in [-0.15, -0.1) is 0 Å². The highest BCUT2D eigenvalue weighted by Crippen LogP contribution is 2.28. The van der Waals surface area contributed by atoms with Crippen molar-refractivity contribution in [3.63, 3.8) is 0 Å². The summed E-state index contributed by atoms with van der Waals surface area (Å²) in [4.78, 5) is 22.1. The van der Waals surface area contributed by atoms with E-state index in [1.165, 1.54) is 0 Å². The van der Waals surface area contributed by atoms with Gasteiger partial charge in [0.1, 0.15) is 0 Å². The number of unbranched alkanes of at least 4 members (excludes halogenated alkanes) is 4. The number of nitriles is 1. The van der Waals surface area contributed by atoms with Crippen molar-refractivity contribution in [3.05, 3.63) is 0 Å². The molecule has 0 saturated heterocycles. The molecule has 0 amide bonds. The minimum Gasteiger partial charge on any atom is -0.481 e. The molecule has 0 aromatic rings. The molecule has 0 aromatic carbocycles. The van der Waals surface area contributed by atoms with Crippen molar-refractivity contribution in [2.24, 2.45) is 10.8 Å². The van der Waals surface area contributed by atoms with Crippen LogP contribution in [0.4, 0.5) is 0 Å². The van der Waals surface area contributed by atoms with Crippen LogP contribution >= 0.6 is 0 Å². The maximum atomic E-state index is 11.0. The lowest BCUT2D eigenvalue weighted by Crippen LogP contribution is -2.26. The van der Waals surface area contributed by atoms with Gasteiger partial charge in [0, 0.05) is 0 Å². The van der Waals surface area contributed by atoms with Crippen LogP contribution < -0.4 is 0 Å². The quantitative estimate of drug-likeness (QED) is 0.309. The van der Waals surface area contributed by atoms with Gasteiger partial charge in [-0.25, -0.2) is 0 Å². The second-order valence-electron chi connectivity index (χ2n) is 8.64. The first kappa shape index (κ1) is 24.4. The number of carboxylic acid groups (broad SMARTS) is 2. The van der Waals surface area contributed by atoms with Crippen molar-refractivity contribution in [2.75, 3.05) is 0 Å². The Bertz CT molecular complexity index is 469. The van der Waals surface area contributed by atoms with Crippen LogP contribution in [0.25, 0.3) is 0 Å². The van der Waals surface area contributed by atoms with E-state index in [2.05, 4.69) is 0 Å². The third kappa shape index (κ3) is 9.19. The summed E-state index contributed by atoms with van der Waals surface area (Å²) < 4.78 is 0. The molecular formula is C20H35NO5. The Morgan fingerprint density at radius 1 is 0.731 bits per heavy atom. The van der Waals surface area contributed by atoms with Crippen LogP contribution in [0, 0.1) is 22.2 Å². The van der Waals surface area contributed by atoms with Crippen molar-refractivity contribution in [1.82, 2.24) is 0 Å². The number of carbonyl (C=O) groups is 2. The van der Waals surface area contributed by atoms with E-state index in [4.69, 9.17) is 10.2 Å². The van der Waals surface area contributed by atoms with Crippen LogP contribution in [-0.2, 0) is 9.59 Å². The van der Waals surface area contributed by atoms with Crippen molar-refractivity contribution >= 4 is 11.9 Å². The Morgan fingerprint density at radius 2 is 1.04 bits per heavy atom. The zero-order valence-electron chi connectivity index (χ0n) is 16.7. The second kappa shape index (κ2) is 10.5. The molecule has 0 aliphatic rings. The highest BCUT2D eigenvalue weighted by atomic mass is 16.4. The summed E-state index contributed by atoms with van der Waals surface area (Å²) in [5, 5.41) is 37.8. The normalized spacial score (nSPS) is 12.6. The Kier molecular flexibility index (Phi) is 9.87. The minimum atomic E-state index is -1.34. The van der Waals surface area contributed by atoms with Gasteiger partial charge in [0.05, 0.1) is 16.9 Å². The predicted octanol–water partition coefficient (Wildman–Crippen LogP) is 4.36. The minimum absolute atomic E-state index is 0.387. The van der Waals surface area contributed by atoms with Gasteiger partial charge in [0.25, 0.3) is 0 Å². The fourth-order valence-corrected chi connectivity index (χ4v) is 2.77. The van der Waals surface area contributed by atoms with Gasteiger partial charge >= 0.3 is 11.9 Å². The van der Waals surface area contributed by atoms with Gasteiger partial charge in [-0.05, 0) is 66.2 Å². The number of hydrogen-bond donors (Lipinski definition) is 3. The van der Waals surface area contributed by atoms with Crippen molar-refractivity contribution in [3.8, 4) is 6.07 Å². The fourth-order valence-electron chi connectivity index (χ4n) is 2.77. The SMILES string of the molecule is CC(C)(CCCCCC(O)(C#N)CCCCCC(C)(C)C(=O)O)C(=O)O. The third-order valence-electron chi connectivity index (χ3n) is 5.15. The summed E-state index contributed by atoms with van der Waals surface area (Å²) in [5.74, 6) is -1.62. The molecule has 3 N–H and O–H groups in total. The van der Waals surface area contributed by atoms with Crippen LogP contribution in [0.3, 0.4) is 0 Å². The predicted molar refractivity (Wildman–Crippen MR) is 99.6 cm³/mol. The monoisotopic (exact) mass is 369 g/mol. The lowest BCUT2D eigenvalue weighted by atomic mass is 9.85. The number of rotatable bonds is 14. The largest absolute Gasteiger partial charge is 0.481 e. The van der Waals surface area contributed by atoms with E-state index in [0.717, 1.165) is 25.7 Å². The molecule has 150 valence electrons. The fraction of sp³-hybridized carbons (Fsp3) is 0.850. The molecule has 0 spiro atoms. The average molecular weight is 370 g/mol. The lowest BCUT2D eigenvalue weighted by molar-refractivity contribution is -0.148. The first-order valence-electron chi connectivity index (χ1n) is 9.47. The summed E-state index contributed by atoms with van der Waals surface area (Å²) in [7, 11) is 0. The maximum absolute atomic E-state index is 11.0. The molecule has 0 aromatic heterocycles. The van der Waals surface area contributed by atoms with Gasteiger partial charge in [0.15, 0.2) is 5.60 Å². The van der Waals surface area contributed by atoms with E-state index in [9.17, 15) is 20.0 Å². The zero-order valence-corrected chi connectivity index (χ0v) is 16.7.